The molecule has 0 fully saturated rings. The zero-order chi connectivity index (χ0) is 16.4. The summed E-state index contributed by atoms with van der Waals surface area (Å²) in [5.41, 5.74) is 4.60. The SMILES string of the molecule is CCN(CC(C)(C)CN)C(=O)C(C(F)(F)F)C(F)(F)F. The highest BCUT2D eigenvalue weighted by atomic mass is 19.4. The lowest BCUT2D eigenvalue weighted by atomic mass is 9.92. The summed E-state index contributed by atoms with van der Waals surface area (Å²) in [5.74, 6) is -5.99. The van der Waals surface area contributed by atoms with Gasteiger partial charge in [0.15, 0.2) is 0 Å². The molecule has 0 saturated heterocycles. The van der Waals surface area contributed by atoms with Crippen LogP contribution in [0.3, 0.4) is 0 Å². The Morgan fingerprint density at radius 3 is 1.75 bits per heavy atom. The van der Waals surface area contributed by atoms with E-state index in [0.29, 0.717) is 4.90 Å². The topological polar surface area (TPSA) is 46.3 Å². The fourth-order valence-corrected chi connectivity index (χ4v) is 1.57. The molecular weight excluding hydrogens is 290 g/mol. The number of hydrogen-bond acceptors (Lipinski definition) is 2. The van der Waals surface area contributed by atoms with E-state index in [0.717, 1.165) is 0 Å². The van der Waals surface area contributed by atoms with Crippen LogP contribution in [0.15, 0.2) is 0 Å². The zero-order valence-corrected chi connectivity index (χ0v) is 11.4. The number of nitrogens with two attached hydrogens (primary N) is 1. The molecule has 120 valence electrons. The van der Waals surface area contributed by atoms with Crippen molar-refractivity contribution in [1.82, 2.24) is 4.90 Å². The standard InChI is InChI=1S/C11H18F6N2O/c1-4-19(6-9(2,3)5-18)8(20)7(10(12,13)14)11(15,16)17/h7H,4-6,18H2,1-3H3. The molecule has 20 heavy (non-hydrogen) atoms. The Hall–Kier alpha value is -0.990. The highest BCUT2D eigenvalue weighted by Crippen LogP contribution is 2.40. The Balaban J connectivity index is 5.33. The third kappa shape index (κ3) is 5.18. The maximum Gasteiger partial charge on any atom is 0.409 e. The second kappa shape index (κ2) is 6.19. The fraction of sp³-hybridized carbons (Fsp3) is 0.909. The Kier molecular flexibility index (Phi) is 5.89. The Morgan fingerprint density at radius 2 is 1.50 bits per heavy atom. The van der Waals surface area contributed by atoms with E-state index in [1.807, 2.05) is 0 Å². The summed E-state index contributed by atoms with van der Waals surface area (Å²) < 4.78 is 74.9. The van der Waals surface area contributed by atoms with Gasteiger partial charge in [-0.15, -0.1) is 0 Å². The van der Waals surface area contributed by atoms with Crippen LogP contribution in [0.2, 0.25) is 0 Å². The van der Waals surface area contributed by atoms with E-state index >= 15 is 0 Å². The van der Waals surface area contributed by atoms with Gasteiger partial charge in [0, 0.05) is 13.1 Å². The van der Waals surface area contributed by atoms with Crippen LogP contribution in [0.25, 0.3) is 0 Å². The normalized spacial score (nSPS) is 13.8. The molecule has 0 aliphatic carbocycles. The summed E-state index contributed by atoms with van der Waals surface area (Å²) in [7, 11) is 0. The number of alkyl halides is 6. The number of rotatable bonds is 5. The van der Waals surface area contributed by atoms with Gasteiger partial charge in [-0.25, -0.2) is 0 Å². The van der Waals surface area contributed by atoms with E-state index < -0.39 is 29.6 Å². The molecule has 0 rings (SSSR count). The van der Waals surface area contributed by atoms with Crippen LogP contribution in [-0.4, -0.2) is 42.8 Å². The monoisotopic (exact) mass is 308 g/mol. The molecular formula is C11H18F6N2O. The van der Waals surface area contributed by atoms with Crippen molar-refractivity contribution < 1.29 is 31.1 Å². The Labute approximate surface area is 113 Å². The summed E-state index contributed by atoms with van der Waals surface area (Å²) in [6.07, 6.45) is -11.3. The quantitative estimate of drug-likeness (QED) is 0.794. The van der Waals surface area contributed by atoms with Crippen molar-refractivity contribution in [2.24, 2.45) is 17.1 Å². The van der Waals surface area contributed by atoms with Crippen molar-refractivity contribution in [3.63, 3.8) is 0 Å². The highest BCUT2D eigenvalue weighted by molar-refractivity contribution is 5.80. The lowest BCUT2D eigenvalue weighted by molar-refractivity contribution is -0.277. The maximum absolute atomic E-state index is 12.5. The predicted octanol–water partition coefficient (Wildman–Crippen LogP) is 2.56. The summed E-state index contributed by atoms with van der Waals surface area (Å²) >= 11 is 0. The minimum absolute atomic E-state index is 0.0273. The van der Waals surface area contributed by atoms with Crippen LogP contribution in [0.1, 0.15) is 20.8 Å². The lowest BCUT2D eigenvalue weighted by Gasteiger charge is -2.34. The number of amides is 1. The van der Waals surface area contributed by atoms with E-state index in [1.165, 1.54) is 6.92 Å². The molecule has 0 unspecified atom stereocenters. The highest BCUT2D eigenvalue weighted by Gasteiger charge is 2.62. The van der Waals surface area contributed by atoms with Crippen molar-refractivity contribution in [1.29, 1.82) is 0 Å². The number of carbonyl (C=O) groups excluding carboxylic acids is 1. The van der Waals surface area contributed by atoms with Crippen molar-refractivity contribution in [3.8, 4) is 0 Å². The third-order valence-corrected chi connectivity index (χ3v) is 2.77. The molecule has 0 aliphatic heterocycles. The van der Waals surface area contributed by atoms with Crippen LogP contribution >= 0.6 is 0 Å². The number of hydrogen-bond donors (Lipinski definition) is 1. The molecule has 0 aliphatic rings. The Bertz CT molecular complexity index is 323. The molecule has 0 aromatic heterocycles. The van der Waals surface area contributed by atoms with Crippen molar-refractivity contribution >= 4 is 5.91 Å². The average Bonchev–Trinajstić information content (AvgIpc) is 2.21. The molecule has 0 saturated carbocycles. The van der Waals surface area contributed by atoms with Gasteiger partial charge < -0.3 is 10.6 Å². The summed E-state index contributed by atoms with van der Waals surface area (Å²) in [5, 5.41) is 0. The molecule has 0 aromatic rings. The predicted molar refractivity (Wildman–Crippen MR) is 60.7 cm³/mol. The van der Waals surface area contributed by atoms with Crippen LogP contribution in [0.5, 0.6) is 0 Å². The maximum atomic E-state index is 12.5. The van der Waals surface area contributed by atoms with E-state index in [1.54, 1.807) is 13.8 Å². The number of nitrogens with zero attached hydrogens (tertiary/aromatic N) is 1. The fourth-order valence-electron chi connectivity index (χ4n) is 1.57. The minimum atomic E-state index is -5.67. The Morgan fingerprint density at radius 1 is 1.10 bits per heavy atom. The zero-order valence-electron chi connectivity index (χ0n) is 11.4. The average molecular weight is 308 g/mol. The molecule has 9 heteroatoms. The van der Waals surface area contributed by atoms with E-state index in [4.69, 9.17) is 5.73 Å². The van der Waals surface area contributed by atoms with Crippen LogP contribution < -0.4 is 5.73 Å². The molecule has 1 amide bonds. The first-order chi connectivity index (χ1) is 8.76. The van der Waals surface area contributed by atoms with Gasteiger partial charge in [0.25, 0.3) is 0 Å². The van der Waals surface area contributed by atoms with Crippen LogP contribution in [0, 0.1) is 11.3 Å². The van der Waals surface area contributed by atoms with E-state index in [9.17, 15) is 31.1 Å². The summed E-state index contributed by atoms with van der Waals surface area (Å²) in [6, 6.07) is 0. The largest absolute Gasteiger partial charge is 0.409 e. The van der Waals surface area contributed by atoms with Crippen molar-refractivity contribution in [2.75, 3.05) is 19.6 Å². The van der Waals surface area contributed by atoms with Crippen molar-refractivity contribution in [3.05, 3.63) is 0 Å². The molecule has 0 bridgehead atoms. The minimum Gasteiger partial charge on any atom is -0.342 e. The van der Waals surface area contributed by atoms with Gasteiger partial charge in [-0.05, 0) is 18.9 Å². The van der Waals surface area contributed by atoms with E-state index in [2.05, 4.69) is 0 Å². The van der Waals surface area contributed by atoms with Gasteiger partial charge in [-0.1, -0.05) is 13.8 Å². The molecule has 0 radical (unpaired) electrons. The smallest absolute Gasteiger partial charge is 0.342 e. The van der Waals surface area contributed by atoms with Gasteiger partial charge in [-0.2, -0.15) is 26.3 Å². The van der Waals surface area contributed by atoms with Gasteiger partial charge in [-0.3, -0.25) is 4.79 Å². The summed E-state index contributed by atoms with van der Waals surface area (Å²) in [6.45, 7) is 3.92. The molecule has 0 atom stereocenters. The van der Waals surface area contributed by atoms with Crippen LogP contribution in [-0.2, 0) is 4.79 Å². The van der Waals surface area contributed by atoms with E-state index in [-0.39, 0.29) is 19.6 Å². The number of carbonyl (C=O) groups is 1. The molecule has 2 N–H and O–H groups in total. The second-order valence-electron chi connectivity index (χ2n) is 5.24. The molecule has 0 heterocycles. The second-order valence-corrected chi connectivity index (χ2v) is 5.24. The van der Waals surface area contributed by atoms with Gasteiger partial charge >= 0.3 is 12.4 Å². The van der Waals surface area contributed by atoms with Gasteiger partial charge in [0.05, 0.1) is 0 Å². The lowest BCUT2D eigenvalue weighted by Crippen LogP contribution is -2.52. The van der Waals surface area contributed by atoms with Crippen molar-refractivity contribution in [2.45, 2.75) is 33.1 Å². The first-order valence-electron chi connectivity index (χ1n) is 5.88. The molecule has 0 spiro atoms. The third-order valence-electron chi connectivity index (χ3n) is 2.77. The van der Waals surface area contributed by atoms with Gasteiger partial charge in [0.1, 0.15) is 0 Å². The number of halogens is 6. The molecule has 0 aromatic carbocycles. The summed E-state index contributed by atoms with van der Waals surface area (Å²) in [4.78, 5) is 12.1. The molecule has 3 nitrogen and oxygen atoms in total. The van der Waals surface area contributed by atoms with Gasteiger partial charge in [0.2, 0.25) is 11.8 Å². The van der Waals surface area contributed by atoms with Crippen LogP contribution in [0.4, 0.5) is 26.3 Å². The first kappa shape index (κ1) is 19.0. The first-order valence-corrected chi connectivity index (χ1v) is 5.88.